The third kappa shape index (κ3) is 2.25. The van der Waals surface area contributed by atoms with E-state index in [4.69, 9.17) is 11.6 Å². The summed E-state index contributed by atoms with van der Waals surface area (Å²) in [5.74, 6) is 0.531. The predicted molar refractivity (Wildman–Crippen MR) is 51.5 cm³/mol. The van der Waals surface area contributed by atoms with Crippen molar-refractivity contribution in [2.45, 2.75) is 10.0 Å². The highest BCUT2D eigenvalue weighted by atomic mass is 127. The van der Waals surface area contributed by atoms with Crippen LogP contribution in [0.4, 0.5) is 0 Å². The Morgan fingerprint density at radius 1 is 1.80 bits per heavy atom. The molecule has 1 aliphatic carbocycles. The van der Waals surface area contributed by atoms with Gasteiger partial charge in [0, 0.05) is 12.3 Å². The Labute approximate surface area is 78.9 Å². The van der Waals surface area contributed by atoms with Gasteiger partial charge in [0.25, 0.3) is 0 Å². The topological polar surface area (TPSA) is 20.2 Å². The minimum atomic E-state index is -0.687. The first-order chi connectivity index (χ1) is 4.64. The molecule has 0 heterocycles. The first kappa shape index (κ1) is 8.56. The van der Waals surface area contributed by atoms with Gasteiger partial charge in [-0.15, -0.1) is 11.6 Å². The Morgan fingerprint density at radius 2 is 2.50 bits per heavy atom. The highest BCUT2D eigenvalue weighted by Crippen LogP contribution is 2.27. The van der Waals surface area contributed by atoms with Gasteiger partial charge in [-0.05, 0) is 34.2 Å². The maximum Gasteiger partial charge on any atom is 0.137 e. The molecule has 0 saturated carbocycles. The lowest BCUT2D eigenvalue weighted by Crippen LogP contribution is -2.17. The molecule has 3 heteroatoms. The lowest BCUT2D eigenvalue weighted by molar-refractivity contribution is 0.207. The van der Waals surface area contributed by atoms with E-state index in [9.17, 15) is 5.11 Å². The number of hydrogen-bond acceptors (Lipinski definition) is 1. The smallest absolute Gasteiger partial charge is 0.137 e. The minimum absolute atomic E-state index is 0.531. The molecule has 0 bridgehead atoms. The van der Waals surface area contributed by atoms with Crippen molar-refractivity contribution in [1.82, 2.24) is 0 Å². The standard InChI is InChI=1S/C7H8ClIO/c8-5-6-1-3-7(9,10)4-2-6/h1-3,10H,4-5H2. The SMILES string of the molecule is OC1(I)C=CC(CCl)=CC1. The van der Waals surface area contributed by atoms with Gasteiger partial charge in [0.05, 0.1) is 0 Å². The zero-order valence-corrected chi connectivity index (χ0v) is 8.26. The van der Waals surface area contributed by atoms with E-state index in [0.717, 1.165) is 5.57 Å². The van der Waals surface area contributed by atoms with Gasteiger partial charge >= 0.3 is 0 Å². The normalized spacial score (nSPS) is 32.1. The molecule has 0 aromatic rings. The van der Waals surface area contributed by atoms with Crippen LogP contribution < -0.4 is 0 Å². The van der Waals surface area contributed by atoms with Crippen LogP contribution in [0.1, 0.15) is 6.42 Å². The Morgan fingerprint density at radius 3 is 2.90 bits per heavy atom. The lowest BCUT2D eigenvalue weighted by atomic mass is 10.1. The summed E-state index contributed by atoms with van der Waals surface area (Å²) in [6.45, 7) is 0. The van der Waals surface area contributed by atoms with Gasteiger partial charge in [0.1, 0.15) is 3.61 Å². The number of alkyl halides is 2. The van der Waals surface area contributed by atoms with E-state index in [1.165, 1.54) is 0 Å². The second kappa shape index (κ2) is 3.24. The average molecular weight is 270 g/mol. The van der Waals surface area contributed by atoms with Gasteiger partial charge in [-0.25, -0.2) is 0 Å². The van der Waals surface area contributed by atoms with Crippen molar-refractivity contribution in [2.75, 3.05) is 5.88 Å². The molecule has 0 spiro atoms. The molecule has 0 saturated heterocycles. The van der Waals surface area contributed by atoms with E-state index in [2.05, 4.69) is 0 Å². The maximum atomic E-state index is 9.40. The largest absolute Gasteiger partial charge is 0.376 e. The van der Waals surface area contributed by atoms with Crippen LogP contribution in [0.2, 0.25) is 0 Å². The summed E-state index contributed by atoms with van der Waals surface area (Å²) in [6, 6.07) is 0. The molecule has 1 rings (SSSR count). The molecule has 1 atom stereocenters. The molecule has 56 valence electrons. The average Bonchev–Trinajstić information content (AvgIpc) is 1.88. The minimum Gasteiger partial charge on any atom is -0.376 e. The molecule has 0 aromatic carbocycles. The van der Waals surface area contributed by atoms with Gasteiger partial charge in [-0.3, -0.25) is 0 Å². The van der Waals surface area contributed by atoms with E-state index in [1.807, 2.05) is 34.7 Å². The van der Waals surface area contributed by atoms with Crippen LogP contribution in [0.5, 0.6) is 0 Å². The van der Waals surface area contributed by atoms with Crippen LogP contribution in [0.25, 0.3) is 0 Å². The van der Waals surface area contributed by atoms with Crippen LogP contribution in [-0.2, 0) is 0 Å². The maximum absolute atomic E-state index is 9.40. The summed E-state index contributed by atoms with van der Waals surface area (Å²) < 4.78 is -0.687. The molecule has 0 aliphatic heterocycles. The quantitative estimate of drug-likeness (QED) is 0.572. The highest BCUT2D eigenvalue weighted by molar-refractivity contribution is 14.1. The van der Waals surface area contributed by atoms with E-state index in [-0.39, 0.29) is 0 Å². The molecular weight excluding hydrogens is 262 g/mol. The molecule has 1 N–H and O–H groups in total. The predicted octanol–water partition coefficient (Wildman–Crippen LogP) is 2.24. The van der Waals surface area contributed by atoms with Gasteiger partial charge in [-0.2, -0.15) is 0 Å². The summed E-state index contributed by atoms with van der Waals surface area (Å²) in [7, 11) is 0. The summed E-state index contributed by atoms with van der Waals surface area (Å²) in [6.07, 6.45) is 6.25. The Balaban J connectivity index is 2.63. The van der Waals surface area contributed by atoms with Gasteiger partial charge < -0.3 is 5.11 Å². The van der Waals surface area contributed by atoms with Crippen molar-refractivity contribution in [2.24, 2.45) is 0 Å². The summed E-state index contributed by atoms with van der Waals surface area (Å²) in [4.78, 5) is 0. The van der Waals surface area contributed by atoms with Crippen molar-refractivity contribution in [1.29, 1.82) is 0 Å². The van der Waals surface area contributed by atoms with Crippen molar-refractivity contribution in [3.63, 3.8) is 0 Å². The summed E-state index contributed by atoms with van der Waals surface area (Å²) in [5.41, 5.74) is 1.09. The summed E-state index contributed by atoms with van der Waals surface area (Å²) in [5, 5.41) is 9.40. The fourth-order valence-corrected chi connectivity index (χ4v) is 1.34. The Hall–Kier alpha value is 0.460. The zero-order valence-electron chi connectivity index (χ0n) is 5.35. The Bertz CT molecular complexity index is 184. The van der Waals surface area contributed by atoms with Crippen LogP contribution in [0, 0.1) is 0 Å². The second-order valence-electron chi connectivity index (χ2n) is 2.27. The van der Waals surface area contributed by atoms with Crippen molar-refractivity contribution >= 4 is 34.2 Å². The fraction of sp³-hybridized carbons (Fsp3) is 0.429. The van der Waals surface area contributed by atoms with E-state index >= 15 is 0 Å². The van der Waals surface area contributed by atoms with Gasteiger partial charge in [0.2, 0.25) is 0 Å². The van der Waals surface area contributed by atoms with E-state index in [0.29, 0.717) is 12.3 Å². The monoisotopic (exact) mass is 270 g/mol. The third-order valence-electron chi connectivity index (χ3n) is 1.36. The molecule has 1 unspecified atom stereocenters. The van der Waals surface area contributed by atoms with Gasteiger partial charge in [0.15, 0.2) is 0 Å². The van der Waals surface area contributed by atoms with E-state index in [1.54, 1.807) is 6.08 Å². The molecule has 1 aliphatic rings. The number of aliphatic hydroxyl groups is 1. The highest BCUT2D eigenvalue weighted by Gasteiger charge is 2.19. The van der Waals surface area contributed by atoms with Crippen LogP contribution in [-0.4, -0.2) is 14.6 Å². The van der Waals surface area contributed by atoms with E-state index < -0.39 is 3.61 Å². The van der Waals surface area contributed by atoms with Crippen molar-refractivity contribution in [3.8, 4) is 0 Å². The number of rotatable bonds is 1. The van der Waals surface area contributed by atoms with Crippen LogP contribution in [0.15, 0.2) is 23.8 Å². The second-order valence-corrected chi connectivity index (χ2v) is 4.40. The molecule has 0 amide bonds. The number of hydrogen-bond donors (Lipinski definition) is 1. The molecule has 10 heavy (non-hydrogen) atoms. The van der Waals surface area contributed by atoms with Crippen LogP contribution >= 0.6 is 34.2 Å². The molecule has 1 nitrogen and oxygen atoms in total. The lowest BCUT2D eigenvalue weighted by Gasteiger charge is -2.18. The van der Waals surface area contributed by atoms with Gasteiger partial charge in [-0.1, -0.05) is 12.2 Å². The molecule has 0 fully saturated rings. The molecular formula is C7H8ClIO. The number of allylic oxidation sites excluding steroid dienone is 2. The Kier molecular flexibility index (Phi) is 2.77. The molecule has 0 aromatic heterocycles. The molecule has 0 radical (unpaired) electrons. The van der Waals surface area contributed by atoms with Crippen LogP contribution in [0.3, 0.4) is 0 Å². The number of halogens is 2. The first-order valence-electron chi connectivity index (χ1n) is 2.99. The third-order valence-corrected chi connectivity index (χ3v) is 2.47. The van der Waals surface area contributed by atoms with Crippen molar-refractivity contribution < 1.29 is 5.11 Å². The fourth-order valence-electron chi connectivity index (χ4n) is 0.744. The zero-order chi connectivity index (χ0) is 7.61. The van der Waals surface area contributed by atoms with Crippen molar-refractivity contribution in [3.05, 3.63) is 23.8 Å². The first-order valence-corrected chi connectivity index (χ1v) is 4.61. The summed E-state index contributed by atoms with van der Waals surface area (Å²) >= 11 is 7.57.